The summed E-state index contributed by atoms with van der Waals surface area (Å²) in [6, 6.07) is 10.0. The van der Waals surface area contributed by atoms with Crippen LogP contribution in [0.15, 0.2) is 46.3 Å². The number of nitrogens with one attached hydrogen (secondary N) is 1. The first-order chi connectivity index (χ1) is 9.58. The van der Waals surface area contributed by atoms with Crippen molar-refractivity contribution in [1.29, 1.82) is 0 Å². The summed E-state index contributed by atoms with van der Waals surface area (Å²) in [5.41, 5.74) is 0.866. The SMILES string of the molecule is O=C(N[C@H](Cc1ccccc1)C(=O)O)c1sccc1Br. The molecule has 0 saturated carbocycles. The van der Waals surface area contributed by atoms with Crippen molar-refractivity contribution in [3.8, 4) is 0 Å². The third-order valence-corrected chi connectivity index (χ3v) is 4.55. The van der Waals surface area contributed by atoms with Crippen LogP contribution in [0.25, 0.3) is 0 Å². The first-order valence-corrected chi connectivity index (χ1v) is 7.56. The van der Waals surface area contributed by atoms with Gasteiger partial charge in [-0.1, -0.05) is 30.3 Å². The average molecular weight is 354 g/mol. The van der Waals surface area contributed by atoms with Crippen LogP contribution < -0.4 is 5.32 Å². The fraction of sp³-hybridized carbons (Fsp3) is 0.143. The molecule has 1 heterocycles. The Hall–Kier alpha value is -1.66. The van der Waals surface area contributed by atoms with Crippen LogP contribution in [-0.4, -0.2) is 23.0 Å². The van der Waals surface area contributed by atoms with E-state index in [0.29, 0.717) is 9.35 Å². The highest BCUT2D eigenvalue weighted by Gasteiger charge is 2.22. The fourth-order valence-electron chi connectivity index (χ4n) is 1.73. The van der Waals surface area contributed by atoms with E-state index in [0.717, 1.165) is 5.56 Å². The highest BCUT2D eigenvalue weighted by molar-refractivity contribution is 9.10. The van der Waals surface area contributed by atoms with Crippen molar-refractivity contribution in [2.75, 3.05) is 0 Å². The molecule has 0 bridgehead atoms. The summed E-state index contributed by atoms with van der Waals surface area (Å²) in [6.07, 6.45) is 0.255. The molecule has 0 aliphatic rings. The van der Waals surface area contributed by atoms with Gasteiger partial charge in [0.25, 0.3) is 5.91 Å². The monoisotopic (exact) mass is 353 g/mol. The van der Waals surface area contributed by atoms with Gasteiger partial charge in [-0.05, 0) is 32.9 Å². The standard InChI is InChI=1S/C14H12BrNO3S/c15-10-6-7-20-12(10)13(17)16-11(14(18)19)8-9-4-2-1-3-5-9/h1-7,11H,8H2,(H,16,17)(H,18,19)/t11-/m1/s1. The Morgan fingerprint density at radius 2 is 1.95 bits per heavy atom. The zero-order chi connectivity index (χ0) is 14.5. The van der Waals surface area contributed by atoms with Crippen molar-refractivity contribution in [3.05, 3.63) is 56.7 Å². The van der Waals surface area contributed by atoms with Crippen molar-refractivity contribution < 1.29 is 14.7 Å². The number of carbonyl (C=O) groups is 2. The Kier molecular flexibility index (Phi) is 4.92. The molecule has 20 heavy (non-hydrogen) atoms. The van der Waals surface area contributed by atoms with Crippen molar-refractivity contribution in [1.82, 2.24) is 5.32 Å². The molecule has 1 amide bonds. The van der Waals surface area contributed by atoms with E-state index in [4.69, 9.17) is 0 Å². The topological polar surface area (TPSA) is 66.4 Å². The number of carboxylic acids is 1. The molecule has 0 radical (unpaired) electrons. The third-order valence-electron chi connectivity index (χ3n) is 2.71. The van der Waals surface area contributed by atoms with Gasteiger partial charge >= 0.3 is 5.97 Å². The van der Waals surface area contributed by atoms with Crippen LogP contribution in [0.4, 0.5) is 0 Å². The van der Waals surface area contributed by atoms with Crippen molar-refractivity contribution >= 4 is 39.1 Å². The summed E-state index contributed by atoms with van der Waals surface area (Å²) in [7, 11) is 0. The number of hydrogen-bond donors (Lipinski definition) is 2. The maximum atomic E-state index is 12.0. The van der Waals surface area contributed by atoms with Gasteiger partial charge in [-0.15, -0.1) is 11.3 Å². The Morgan fingerprint density at radius 3 is 2.50 bits per heavy atom. The molecule has 1 aromatic heterocycles. The van der Waals surface area contributed by atoms with Gasteiger partial charge in [-0.2, -0.15) is 0 Å². The Balaban J connectivity index is 2.09. The summed E-state index contributed by atoms with van der Waals surface area (Å²) in [5.74, 6) is -1.43. The van der Waals surface area contributed by atoms with E-state index >= 15 is 0 Å². The lowest BCUT2D eigenvalue weighted by atomic mass is 10.1. The molecule has 0 unspecified atom stereocenters. The number of benzene rings is 1. The van der Waals surface area contributed by atoms with Gasteiger partial charge in [0.2, 0.25) is 0 Å². The molecular weight excluding hydrogens is 342 g/mol. The first-order valence-electron chi connectivity index (χ1n) is 5.88. The minimum absolute atomic E-state index is 0.255. The summed E-state index contributed by atoms with van der Waals surface area (Å²) >= 11 is 4.53. The molecule has 2 N–H and O–H groups in total. The first kappa shape index (κ1) is 14.7. The fourth-order valence-corrected chi connectivity index (χ4v) is 3.18. The summed E-state index contributed by atoms with van der Waals surface area (Å²) in [4.78, 5) is 23.8. The van der Waals surface area contributed by atoms with Crippen molar-refractivity contribution in [2.24, 2.45) is 0 Å². The smallest absolute Gasteiger partial charge is 0.326 e. The molecule has 0 aliphatic carbocycles. The van der Waals surface area contributed by atoms with Gasteiger partial charge in [0.05, 0.1) is 0 Å². The van der Waals surface area contributed by atoms with Crippen LogP contribution in [-0.2, 0) is 11.2 Å². The molecule has 1 aromatic carbocycles. The van der Waals surface area contributed by atoms with Gasteiger partial charge in [-0.3, -0.25) is 4.79 Å². The second kappa shape index (κ2) is 6.67. The molecule has 2 aromatic rings. The van der Waals surface area contributed by atoms with Crippen LogP contribution in [0.5, 0.6) is 0 Å². The van der Waals surface area contributed by atoms with E-state index in [2.05, 4.69) is 21.2 Å². The van der Waals surface area contributed by atoms with E-state index < -0.39 is 12.0 Å². The van der Waals surface area contributed by atoms with Gasteiger partial charge in [0.1, 0.15) is 10.9 Å². The molecular formula is C14H12BrNO3S. The molecule has 6 heteroatoms. The average Bonchev–Trinajstić information content (AvgIpc) is 2.85. The van der Waals surface area contributed by atoms with Crippen LogP contribution in [0.2, 0.25) is 0 Å². The zero-order valence-electron chi connectivity index (χ0n) is 10.4. The normalized spacial score (nSPS) is 11.8. The molecule has 0 aliphatic heterocycles. The minimum Gasteiger partial charge on any atom is -0.480 e. The number of thiophene rings is 1. The number of rotatable bonds is 5. The van der Waals surface area contributed by atoms with E-state index in [9.17, 15) is 14.7 Å². The number of amides is 1. The van der Waals surface area contributed by atoms with E-state index in [1.807, 2.05) is 30.3 Å². The molecule has 1 atom stereocenters. The molecule has 4 nitrogen and oxygen atoms in total. The second-order valence-electron chi connectivity index (χ2n) is 4.15. The molecule has 0 spiro atoms. The van der Waals surface area contributed by atoms with Crippen molar-refractivity contribution in [2.45, 2.75) is 12.5 Å². The van der Waals surface area contributed by atoms with Crippen LogP contribution in [0.3, 0.4) is 0 Å². The Bertz CT molecular complexity index is 612. The number of aliphatic carboxylic acids is 1. The Labute approximate surface area is 128 Å². The predicted octanol–water partition coefficient (Wildman–Crippen LogP) is 2.94. The summed E-state index contributed by atoms with van der Waals surface area (Å²) < 4.78 is 0.670. The van der Waals surface area contributed by atoms with Gasteiger partial charge < -0.3 is 10.4 Å². The summed E-state index contributed by atoms with van der Waals surface area (Å²) in [6.45, 7) is 0. The van der Waals surface area contributed by atoms with Gasteiger partial charge in [0.15, 0.2) is 0 Å². The number of halogens is 1. The predicted molar refractivity (Wildman–Crippen MR) is 81.1 cm³/mol. The van der Waals surface area contributed by atoms with E-state index in [-0.39, 0.29) is 12.3 Å². The molecule has 104 valence electrons. The lowest BCUT2D eigenvalue weighted by Crippen LogP contribution is -2.42. The number of carboxylic acid groups (broad SMARTS) is 1. The quantitative estimate of drug-likeness (QED) is 0.868. The molecule has 0 fully saturated rings. The van der Waals surface area contributed by atoms with Crippen LogP contribution in [0, 0.1) is 0 Å². The number of carbonyl (C=O) groups excluding carboxylic acids is 1. The maximum Gasteiger partial charge on any atom is 0.326 e. The lowest BCUT2D eigenvalue weighted by molar-refractivity contribution is -0.139. The van der Waals surface area contributed by atoms with Crippen LogP contribution >= 0.6 is 27.3 Å². The molecule has 0 saturated heterocycles. The lowest BCUT2D eigenvalue weighted by Gasteiger charge is -2.14. The minimum atomic E-state index is -1.05. The van der Waals surface area contributed by atoms with E-state index in [1.54, 1.807) is 11.4 Å². The highest BCUT2D eigenvalue weighted by Crippen LogP contribution is 2.22. The second-order valence-corrected chi connectivity index (χ2v) is 5.92. The maximum absolute atomic E-state index is 12.0. The summed E-state index contributed by atoms with van der Waals surface area (Å²) in [5, 5.41) is 13.5. The Morgan fingerprint density at radius 1 is 1.25 bits per heavy atom. The van der Waals surface area contributed by atoms with Crippen molar-refractivity contribution in [3.63, 3.8) is 0 Å². The van der Waals surface area contributed by atoms with Crippen LogP contribution in [0.1, 0.15) is 15.2 Å². The van der Waals surface area contributed by atoms with E-state index in [1.165, 1.54) is 11.3 Å². The number of hydrogen-bond acceptors (Lipinski definition) is 3. The molecule has 2 rings (SSSR count). The van der Waals surface area contributed by atoms with Gasteiger partial charge in [-0.25, -0.2) is 4.79 Å². The third kappa shape index (κ3) is 3.68. The van der Waals surface area contributed by atoms with Gasteiger partial charge in [0, 0.05) is 10.9 Å². The zero-order valence-corrected chi connectivity index (χ0v) is 12.8. The highest BCUT2D eigenvalue weighted by atomic mass is 79.9. The largest absolute Gasteiger partial charge is 0.480 e.